The summed E-state index contributed by atoms with van der Waals surface area (Å²) in [5, 5.41) is 4.91. The fourth-order valence-electron chi connectivity index (χ4n) is 0.759. The van der Waals surface area contributed by atoms with E-state index in [2.05, 4.69) is 11.8 Å². The van der Waals surface area contributed by atoms with Crippen molar-refractivity contribution in [2.45, 2.75) is 10.6 Å². The highest BCUT2D eigenvalue weighted by Gasteiger charge is 2.09. The van der Waals surface area contributed by atoms with Crippen molar-refractivity contribution in [3.8, 4) is 11.8 Å². The number of carbonyl (C=O) groups is 1. The molecule has 0 aromatic carbocycles. The molecule has 1 aromatic heterocycles. The molecule has 0 atom stereocenters. The zero-order valence-electron chi connectivity index (χ0n) is 7.56. The van der Waals surface area contributed by atoms with E-state index in [1.54, 1.807) is 0 Å². The number of sulfonamides is 1. The molecule has 0 spiro atoms. The van der Waals surface area contributed by atoms with Crippen LogP contribution in [0.1, 0.15) is 11.3 Å². The van der Waals surface area contributed by atoms with E-state index in [-0.39, 0.29) is 10.6 Å². The maximum atomic E-state index is 10.9. The van der Waals surface area contributed by atoms with Crippen LogP contribution >= 0.6 is 11.3 Å². The molecule has 0 aliphatic heterocycles. The third-order valence-corrected chi connectivity index (χ3v) is 3.78. The van der Waals surface area contributed by atoms with Crippen molar-refractivity contribution in [1.82, 2.24) is 0 Å². The summed E-state index contributed by atoms with van der Waals surface area (Å²) in [7, 11) is -3.66. The third kappa shape index (κ3) is 3.71. The SMILES string of the molecule is NC(=O)CC#Cc1ccc(S(N)(=O)=O)s1. The van der Waals surface area contributed by atoms with Gasteiger partial charge in [-0.1, -0.05) is 11.8 Å². The molecule has 1 amide bonds. The van der Waals surface area contributed by atoms with Crippen LogP contribution in [0, 0.1) is 11.8 Å². The first kappa shape index (κ1) is 11.7. The van der Waals surface area contributed by atoms with E-state index in [4.69, 9.17) is 10.9 Å². The maximum absolute atomic E-state index is 10.9. The smallest absolute Gasteiger partial charge is 0.247 e. The molecule has 1 rings (SSSR count). The molecular weight excluding hydrogens is 236 g/mol. The van der Waals surface area contributed by atoms with Crippen LogP contribution in [0.3, 0.4) is 0 Å². The lowest BCUT2D eigenvalue weighted by Crippen LogP contribution is -2.09. The summed E-state index contributed by atoms with van der Waals surface area (Å²) >= 11 is 0.953. The molecular formula is C8H8N2O3S2. The second kappa shape index (κ2) is 4.44. The average Bonchev–Trinajstić information content (AvgIpc) is 2.51. The van der Waals surface area contributed by atoms with Crippen LogP contribution in [0.25, 0.3) is 0 Å². The van der Waals surface area contributed by atoms with Gasteiger partial charge in [0.15, 0.2) is 0 Å². The Morgan fingerprint density at radius 1 is 1.47 bits per heavy atom. The molecule has 5 nitrogen and oxygen atoms in total. The molecule has 4 N–H and O–H groups in total. The molecule has 1 heterocycles. The molecule has 0 radical (unpaired) electrons. The molecule has 0 aliphatic rings. The zero-order chi connectivity index (χ0) is 11.5. The van der Waals surface area contributed by atoms with E-state index < -0.39 is 15.9 Å². The van der Waals surface area contributed by atoms with Gasteiger partial charge in [-0.25, -0.2) is 13.6 Å². The summed E-state index contributed by atoms with van der Waals surface area (Å²) in [4.78, 5) is 10.9. The van der Waals surface area contributed by atoms with Crippen LogP contribution < -0.4 is 10.9 Å². The molecule has 0 saturated carbocycles. The van der Waals surface area contributed by atoms with E-state index in [0.29, 0.717) is 4.88 Å². The highest BCUT2D eigenvalue weighted by atomic mass is 32.2. The Bertz CT molecular complexity index is 534. The molecule has 0 aliphatic carbocycles. The van der Waals surface area contributed by atoms with Gasteiger partial charge in [-0.2, -0.15) is 0 Å². The summed E-state index contributed by atoms with van der Waals surface area (Å²) in [5.74, 6) is 4.61. The van der Waals surface area contributed by atoms with Crippen molar-refractivity contribution >= 4 is 27.3 Å². The number of primary sulfonamides is 1. The van der Waals surface area contributed by atoms with E-state index in [9.17, 15) is 13.2 Å². The Morgan fingerprint density at radius 2 is 2.13 bits per heavy atom. The number of thiophene rings is 1. The van der Waals surface area contributed by atoms with Crippen LogP contribution in [0.4, 0.5) is 0 Å². The first-order valence-electron chi connectivity index (χ1n) is 3.79. The lowest BCUT2D eigenvalue weighted by molar-refractivity contribution is -0.117. The minimum absolute atomic E-state index is 0.0471. The van der Waals surface area contributed by atoms with E-state index in [1.807, 2.05) is 0 Å². The first-order valence-corrected chi connectivity index (χ1v) is 6.15. The second-order valence-corrected chi connectivity index (χ2v) is 5.48. The fraction of sp³-hybridized carbons (Fsp3) is 0.125. The molecule has 0 unspecified atom stereocenters. The van der Waals surface area contributed by atoms with E-state index in [1.165, 1.54) is 12.1 Å². The zero-order valence-corrected chi connectivity index (χ0v) is 9.19. The normalized spacial score (nSPS) is 10.5. The molecule has 0 saturated heterocycles. The Labute approximate surface area is 91.1 Å². The quantitative estimate of drug-likeness (QED) is 0.693. The standard InChI is InChI=1S/C8H8N2O3S2/c9-7(11)3-1-2-6-4-5-8(14-6)15(10,12)13/h4-5H,3H2,(H2,9,11)(H2,10,12,13). The van der Waals surface area contributed by atoms with E-state index >= 15 is 0 Å². The summed E-state index contributed by atoms with van der Waals surface area (Å²) < 4.78 is 21.8. The second-order valence-electron chi connectivity index (χ2n) is 2.61. The van der Waals surface area contributed by atoms with Crippen LogP contribution in [-0.2, 0) is 14.8 Å². The lowest BCUT2D eigenvalue weighted by Gasteiger charge is -1.87. The molecule has 80 valence electrons. The minimum Gasteiger partial charge on any atom is -0.369 e. The van der Waals surface area contributed by atoms with Gasteiger partial charge in [0.25, 0.3) is 0 Å². The predicted octanol–water partition coefficient (Wildman–Crippen LogP) is -0.378. The number of rotatable bonds is 2. The van der Waals surface area contributed by atoms with Gasteiger partial charge in [-0.3, -0.25) is 4.79 Å². The topological polar surface area (TPSA) is 103 Å². The largest absolute Gasteiger partial charge is 0.369 e. The van der Waals surface area contributed by atoms with Gasteiger partial charge in [0.2, 0.25) is 15.9 Å². The Kier molecular flexibility index (Phi) is 3.47. The number of hydrogen-bond acceptors (Lipinski definition) is 4. The monoisotopic (exact) mass is 244 g/mol. The van der Waals surface area contributed by atoms with Crippen molar-refractivity contribution in [3.63, 3.8) is 0 Å². The van der Waals surface area contributed by atoms with Crippen LogP contribution in [0.2, 0.25) is 0 Å². The highest BCUT2D eigenvalue weighted by molar-refractivity contribution is 7.91. The number of carbonyl (C=O) groups excluding carboxylic acids is 1. The van der Waals surface area contributed by atoms with Gasteiger partial charge >= 0.3 is 0 Å². The van der Waals surface area contributed by atoms with Crippen molar-refractivity contribution in [2.75, 3.05) is 0 Å². The lowest BCUT2D eigenvalue weighted by atomic mass is 10.4. The van der Waals surface area contributed by atoms with Crippen molar-refractivity contribution in [2.24, 2.45) is 10.9 Å². The number of nitrogens with two attached hydrogens (primary N) is 2. The number of primary amides is 1. The van der Waals surface area contributed by atoms with Gasteiger partial charge in [0.05, 0.1) is 11.3 Å². The summed E-state index contributed by atoms with van der Waals surface area (Å²) in [5.41, 5.74) is 4.88. The number of hydrogen-bond donors (Lipinski definition) is 2. The van der Waals surface area contributed by atoms with Crippen LogP contribution in [-0.4, -0.2) is 14.3 Å². The molecule has 1 aromatic rings. The third-order valence-electron chi connectivity index (χ3n) is 1.34. The van der Waals surface area contributed by atoms with Crippen LogP contribution in [0.15, 0.2) is 16.3 Å². The first-order chi connectivity index (χ1) is 6.89. The molecule has 0 bridgehead atoms. The van der Waals surface area contributed by atoms with Crippen LogP contribution in [0.5, 0.6) is 0 Å². The maximum Gasteiger partial charge on any atom is 0.247 e. The van der Waals surface area contributed by atoms with Gasteiger partial charge in [-0.15, -0.1) is 11.3 Å². The minimum atomic E-state index is -3.66. The van der Waals surface area contributed by atoms with Gasteiger partial charge in [0, 0.05) is 0 Å². The van der Waals surface area contributed by atoms with Gasteiger partial charge < -0.3 is 5.73 Å². The van der Waals surface area contributed by atoms with E-state index in [0.717, 1.165) is 11.3 Å². The molecule has 15 heavy (non-hydrogen) atoms. The summed E-state index contributed by atoms with van der Waals surface area (Å²) in [6.45, 7) is 0. The highest BCUT2D eigenvalue weighted by Crippen LogP contribution is 2.18. The summed E-state index contributed by atoms with van der Waals surface area (Å²) in [6.07, 6.45) is -0.0530. The molecule has 0 fully saturated rings. The van der Waals surface area contributed by atoms with Gasteiger partial charge in [0.1, 0.15) is 4.21 Å². The fourth-order valence-corrected chi connectivity index (χ4v) is 2.36. The Morgan fingerprint density at radius 3 is 2.60 bits per heavy atom. The van der Waals surface area contributed by atoms with Crippen molar-refractivity contribution in [3.05, 3.63) is 17.0 Å². The number of amides is 1. The molecule has 7 heteroatoms. The Hall–Kier alpha value is -1.36. The Balaban J connectivity index is 2.85. The van der Waals surface area contributed by atoms with Crippen molar-refractivity contribution < 1.29 is 13.2 Å². The predicted molar refractivity (Wildman–Crippen MR) is 56.4 cm³/mol. The van der Waals surface area contributed by atoms with Crippen molar-refractivity contribution in [1.29, 1.82) is 0 Å². The average molecular weight is 244 g/mol. The van der Waals surface area contributed by atoms with Gasteiger partial charge in [-0.05, 0) is 12.1 Å². The summed E-state index contributed by atoms with van der Waals surface area (Å²) in [6, 6.07) is 2.90.